The molecule has 1 unspecified atom stereocenters. The summed E-state index contributed by atoms with van der Waals surface area (Å²) in [6.45, 7) is -0.536. The number of nitrogens with zero attached hydrogens (tertiary/aromatic N) is 1. The van der Waals surface area contributed by atoms with Gasteiger partial charge in [-0.2, -0.15) is 5.26 Å². The summed E-state index contributed by atoms with van der Waals surface area (Å²) >= 11 is 0. The largest absolute Gasteiger partial charge is 0.480 e. The number of nitriles is 1. The van der Waals surface area contributed by atoms with E-state index in [1.54, 1.807) is 24.3 Å². The van der Waals surface area contributed by atoms with Gasteiger partial charge >= 0.3 is 12.0 Å². The summed E-state index contributed by atoms with van der Waals surface area (Å²) < 4.78 is 0. The number of nitrogens with one attached hydrogen (secondary N) is 2. The van der Waals surface area contributed by atoms with Gasteiger partial charge in [-0.25, -0.2) is 9.59 Å². The number of benzene rings is 1. The molecule has 4 N–H and O–H groups in total. The zero-order valence-electron chi connectivity index (χ0n) is 9.96. The van der Waals surface area contributed by atoms with Crippen LogP contribution < -0.4 is 10.6 Å². The van der Waals surface area contributed by atoms with Crippen LogP contribution in [0.4, 0.5) is 4.79 Å². The minimum atomic E-state index is -1.34. The number of amides is 2. The minimum absolute atomic E-state index is 0.152. The van der Waals surface area contributed by atoms with Crippen molar-refractivity contribution in [1.29, 1.82) is 5.26 Å². The highest BCUT2D eigenvalue weighted by atomic mass is 16.4. The quantitative estimate of drug-likeness (QED) is 0.586. The first-order valence-electron chi connectivity index (χ1n) is 5.44. The average Bonchev–Trinajstić information content (AvgIpc) is 2.42. The maximum Gasteiger partial charge on any atom is 0.328 e. The molecule has 0 heterocycles. The topological polar surface area (TPSA) is 122 Å². The third-order valence-corrected chi connectivity index (χ3v) is 2.30. The molecule has 1 atom stereocenters. The third-order valence-electron chi connectivity index (χ3n) is 2.30. The molecule has 0 aliphatic heterocycles. The molecule has 0 aliphatic carbocycles. The molecule has 100 valence electrons. The van der Waals surface area contributed by atoms with Gasteiger partial charge < -0.3 is 20.8 Å². The van der Waals surface area contributed by atoms with Gasteiger partial charge in [0, 0.05) is 6.54 Å². The van der Waals surface area contributed by atoms with Gasteiger partial charge in [0.05, 0.1) is 18.2 Å². The second kappa shape index (κ2) is 6.98. The van der Waals surface area contributed by atoms with Crippen molar-refractivity contribution in [3.8, 4) is 6.07 Å². The molecule has 19 heavy (non-hydrogen) atoms. The second-order valence-electron chi connectivity index (χ2n) is 3.71. The molecule has 0 aliphatic rings. The van der Waals surface area contributed by atoms with Gasteiger partial charge in [0.15, 0.2) is 6.04 Å². The van der Waals surface area contributed by atoms with E-state index in [-0.39, 0.29) is 6.54 Å². The Morgan fingerprint density at radius 1 is 1.42 bits per heavy atom. The Bertz CT molecular complexity index is 510. The number of aliphatic carboxylic acids is 1. The Hall–Kier alpha value is -2.59. The molecule has 0 fully saturated rings. The monoisotopic (exact) mass is 263 g/mol. The average molecular weight is 263 g/mol. The molecular formula is C12H13N3O4. The number of carboxylic acids is 1. The summed E-state index contributed by atoms with van der Waals surface area (Å²) in [4.78, 5) is 22.0. The second-order valence-corrected chi connectivity index (χ2v) is 3.71. The molecule has 0 aromatic heterocycles. The van der Waals surface area contributed by atoms with E-state index in [0.29, 0.717) is 11.1 Å². The van der Waals surface area contributed by atoms with Crippen molar-refractivity contribution in [3.63, 3.8) is 0 Å². The van der Waals surface area contributed by atoms with Gasteiger partial charge in [0.2, 0.25) is 0 Å². The van der Waals surface area contributed by atoms with Crippen molar-refractivity contribution in [3.05, 3.63) is 35.4 Å². The Morgan fingerprint density at radius 3 is 2.74 bits per heavy atom. The lowest BCUT2D eigenvalue weighted by molar-refractivity contribution is -0.140. The predicted octanol–water partition coefficient (Wildman–Crippen LogP) is -0.197. The highest BCUT2D eigenvalue weighted by Gasteiger charge is 2.18. The van der Waals surface area contributed by atoms with Crippen molar-refractivity contribution in [2.24, 2.45) is 0 Å². The Labute approximate surface area is 109 Å². The van der Waals surface area contributed by atoms with Gasteiger partial charge in [0.25, 0.3) is 0 Å². The molecule has 0 saturated carbocycles. The maximum atomic E-state index is 11.4. The number of aliphatic hydroxyl groups excluding tert-OH is 1. The van der Waals surface area contributed by atoms with E-state index in [1.807, 2.05) is 6.07 Å². The van der Waals surface area contributed by atoms with Gasteiger partial charge in [-0.15, -0.1) is 0 Å². The number of carbonyl (C=O) groups excluding carboxylic acids is 1. The van der Waals surface area contributed by atoms with Crippen LogP contribution in [0.2, 0.25) is 0 Å². The first-order chi connectivity index (χ1) is 9.06. The van der Waals surface area contributed by atoms with Crippen molar-refractivity contribution < 1.29 is 19.8 Å². The van der Waals surface area contributed by atoms with E-state index < -0.39 is 24.6 Å². The van der Waals surface area contributed by atoms with Crippen LogP contribution >= 0.6 is 0 Å². The molecule has 7 nitrogen and oxygen atoms in total. The Balaban J connectivity index is 2.50. The molecule has 0 spiro atoms. The number of carbonyl (C=O) groups is 2. The van der Waals surface area contributed by atoms with Crippen LogP contribution in [0.1, 0.15) is 11.1 Å². The Kier molecular flexibility index (Phi) is 5.32. The lowest BCUT2D eigenvalue weighted by atomic mass is 10.1. The molecule has 0 radical (unpaired) electrons. The zero-order valence-corrected chi connectivity index (χ0v) is 9.96. The molecule has 2 amide bonds. The predicted molar refractivity (Wildman–Crippen MR) is 65.0 cm³/mol. The normalized spacial score (nSPS) is 11.2. The van der Waals surface area contributed by atoms with E-state index in [0.717, 1.165) is 0 Å². The molecule has 1 rings (SSSR count). The van der Waals surface area contributed by atoms with Crippen LogP contribution in [0.5, 0.6) is 0 Å². The number of rotatable bonds is 5. The summed E-state index contributed by atoms with van der Waals surface area (Å²) in [7, 11) is 0. The molecule has 0 bridgehead atoms. The summed E-state index contributed by atoms with van der Waals surface area (Å²) in [5.74, 6) is -1.32. The van der Waals surface area contributed by atoms with E-state index >= 15 is 0 Å². The lowest BCUT2D eigenvalue weighted by Crippen LogP contribution is -2.47. The van der Waals surface area contributed by atoms with Gasteiger partial charge in [-0.3, -0.25) is 0 Å². The third kappa shape index (κ3) is 4.65. The van der Waals surface area contributed by atoms with Crippen LogP contribution in [-0.4, -0.2) is 34.9 Å². The molecule has 7 heteroatoms. The molecular weight excluding hydrogens is 250 g/mol. The zero-order chi connectivity index (χ0) is 14.3. The summed E-state index contributed by atoms with van der Waals surface area (Å²) in [5.41, 5.74) is 1.18. The first kappa shape index (κ1) is 14.5. The fourth-order valence-corrected chi connectivity index (χ4v) is 1.33. The highest BCUT2D eigenvalue weighted by molar-refractivity contribution is 5.82. The Morgan fingerprint density at radius 2 is 2.16 bits per heavy atom. The van der Waals surface area contributed by atoms with Crippen molar-refractivity contribution in [2.45, 2.75) is 12.6 Å². The van der Waals surface area contributed by atoms with E-state index in [1.165, 1.54) is 0 Å². The van der Waals surface area contributed by atoms with E-state index in [9.17, 15) is 9.59 Å². The van der Waals surface area contributed by atoms with Crippen LogP contribution in [0.3, 0.4) is 0 Å². The first-order valence-corrected chi connectivity index (χ1v) is 5.44. The van der Waals surface area contributed by atoms with Gasteiger partial charge in [-0.05, 0) is 17.7 Å². The number of hydrogen-bond acceptors (Lipinski definition) is 4. The summed E-state index contributed by atoms with van der Waals surface area (Å²) in [5, 5.41) is 30.6. The standard InChI is InChI=1S/C12H13N3O4/c13-5-8-2-1-3-9(4-8)6-14-12(19)15-10(7-16)11(17)18/h1-4,10,16H,6-7H2,(H,17,18)(H2,14,15,19). The van der Waals surface area contributed by atoms with E-state index in [4.69, 9.17) is 15.5 Å². The fourth-order valence-electron chi connectivity index (χ4n) is 1.33. The van der Waals surface area contributed by atoms with Crippen molar-refractivity contribution >= 4 is 12.0 Å². The highest BCUT2D eigenvalue weighted by Crippen LogP contribution is 2.03. The van der Waals surface area contributed by atoms with Crippen LogP contribution in [0, 0.1) is 11.3 Å². The minimum Gasteiger partial charge on any atom is -0.480 e. The number of aliphatic hydroxyl groups is 1. The van der Waals surface area contributed by atoms with Gasteiger partial charge in [0.1, 0.15) is 0 Å². The number of urea groups is 1. The van der Waals surface area contributed by atoms with Crippen LogP contribution in [0.15, 0.2) is 24.3 Å². The van der Waals surface area contributed by atoms with E-state index in [2.05, 4.69) is 10.6 Å². The fraction of sp³-hybridized carbons (Fsp3) is 0.250. The smallest absolute Gasteiger partial charge is 0.328 e. The molecule has 1 aromatic rings. The molecule has 0 saturated heterocycles. The van der Waals surface area contributed by atoms with Crippen LogP contribution in [0.25, 0.3) is 0 Å². The van der Waals surface area contributed by atoms with Crippen molar-refractivity contribution in [1.82, 2.24) is 10.6 Å². The lowest BCUT2D eigenvalue weighted by Gasteiger charge is -2.12. The number of carboxylic acid groups (broad SMARTS) is 1. The van der Waals surface area contributed by atoms with Gasteiger partial charge in [-0.1, -0.05) is 12.1 Å². The molecule has 1 aromatic carbocycles. The van der Waals surface area contributed by atoms with Crippen molar-refractivity contribution in [2.75, 3.05) is 6.61 Å². The summed E-state index contributed by atoms with van der Waals surface area (Å²) in [6, 6.07) is 6.58. The SMILES string of the molecule is N#Cc1cccc(CNC(=O)NC(CO)C(=O)O)c1. The summed E-state index contributed by atoms with van der Waals surface area (Å²) in [6.07, 6.45) is 0. The van der Waals surface area contributed by atoms with Crippen LogP contribution in [-0.2, 0) is 11.3 Å². The number of hydrogen-bond donors (Lipinski definition) is 4. The maximum absolute atomic E-state index is 11.4.